The Morgan fingerprint density at radius 1 is 0.750 bits per heavy atom. The van der Waals surface area contributed by atoms with Crippen LogP contribution in [0.4, 0.5) is 0 Å². The van der Waals surface area contributed by atoms with E-state index in [2.05, 4.69) is 8.83 Å². The van der Waals surface area contributed by atoms with Crippen LogP contribution in [0.5, 0.6) is 0 Å². The van der Waals surface area contributed by atoms with Crippen molar-refractivity contribution in [3.8, 4) is 0 Å². The zero-order chi connectivity index (χ0) is 11.4. The lowest BCUT2D eigenvalue weighted by molar-refractivity contribution is 0.368. The number of benzene rings is 1. The molecule has 0 aliphatic carbocycles. The first kappa shape index (κ1) is 8.78. The summed E-state index contributed by atoms with van der Waals surface area (Å²) in [4.78, 5) is 41.1. The second kappa shape index (κ2) is 2.54. The Morgan fingerprint density at radius 3 is 1.56 bits per heavy atom. The second-order valence-electron chi connectivity index (χ2n) is 3.33. The minimum atomic E-state index is -0.741. The number of fused-ring (bicyclic) bond motifs is 2. The van der Waals surface area contributed by atoms with Gasteiger partial charge in [-0.1, -0.05) is 0 Å². The molecule has 0 radical (unpaired) electrons. The summed E-state index contributed by atoms with van der Waals surface area (Å²) in [5, 5.41) is 0.410. The van der Waals surface area contributed by atoms with Gasteiger partial charge in [0.2, 0.25) is 0 Å². The Labute approximate surface area is 85.0 Å². The van der Waals surface area contributed by atoms with Crippen LogP contribution in [0.25, 0.3) is 21.5 Å². The van der Waals surface area contributed by atoms with Crippen molar-refractivity contribution < 1.29 is 18.4 Å². The van der Waals surface area contributed by atoms with Gasteiger partial charge >= 0.3 is 22.5 Å². The van der Waals surface area contributed by atoms with E-state index in [0.717, 1.165) is 0 Å². The van der Waals surface area contributed by atoms with Crippen molar-refractivity contribution in [2.75, 3.05) is 0 Å². The molecule has 0 aliphatic rings. The predicted octanol–water partition coefficient (Wildman–Crippen LogP) is -1.22. The molecule has 6 heteroatoms. The fraction of sp³-hybridized carbons (Fsp3) is 0. The summed E-state index contributed by atoms with van der Waals surface area (Å²) in [5.74, 6) is 0. The van der Waals surface area contributed by atoms with Gasteiger partial charge in [0.1, 0.15) is 21.5 Å². The van der Waals surface area contributed by atoms with E-state index in [1.807, 2.05) is 0 Å². The molecule has 3 rings (SSSR count). The topological polar surface area (TPSA) is 103 Å². The average molecular weight is 220 g/mol. The van der Waals surface area contributed by atoms with Gasteiger partial charge in [-0.3, -0.25) is 0 Å². The van der Waals surface area contributed by atoms with Crippen LogP contribution in [-0.4, -0.2) is 9.59 Å². The lowest BCUT2D eigenvalue weighted by atomic mass is 10.1. The van der Waals surface area contributed by atoms with Crippen molar-refractivity contribution in [2.24, 2.45) is 0 Å². The molecule has 78 valence electrons. The molecule has 2 N–H and O–H groups in total. The summed E-state index contributed by atoms with van der Waals surface area (Å²) >= 11 is 0. The molecule has 0 bridgehead atoms. The molecule has 0 aliphatic heterocycles. The summed E-state index contributed by atoms with van der Waals surface area (Å²) in [6, 6.07) is 2.49. The van der Waals surface area contributed by atoms with Crippen LogP contribution < -0.4 is 22.5 Å². The van der Waals surface area contributed by atoms with Crippen LogP contribution >= 0.6 is 0 Å². The summed E-state index contributed by atoms with van der Waals surface area (Å²) in [7, 11) is 0. The number of furan rings is 2. The van der Waals surface area contributed by atoms with Crippen molar-refractivity contribution in [2.45, 2.75) is 0 Å². The Bertz CT molecular complexity index is 770. The predicted molar refractivity (Wildman–Crippen MR) is 51.0 cm³/mol. The smallest absolute Gasteiger partial charge is 0.335 e. The molecule has 0 saturated carbocycles. The van der Waals surface area contributed by atoms with Crippen LogP contribution in [0.3, 0.4) is 0 Å². The maximum Gasteiger partial charge on any atom is 0.527 e. The summed E-state index contributed by atoms with van der Waals surface area (Å²) in [5.41, 5.74) is -2.58. The van der Waals surface area contributed by atoms with Crippen LogP contribution in [0.15, 0.2) is 30.6 Å². The quantitative estimate of drug-likeness (QED) is 0.443. The Balaban J connectivity index is 2.80. The van der Waals surface area contributed by atoms with Crippen molar-refractivity contribution in [1.82, 2.24) is 0 Å². The number of rotatable bonds is 0. The lowest BCUT2D eigenvalue weighted by Gasteiger charge is -1.79. The molecular formula is C10H4O6+2. The van der Waals surface area contributed by atoms with Crippen molar-refractivity contribution in [3.63, 3.8) is 0 Å². The summed E-state index contributed by atoms with van der Waals surface area (Å²) in [6.07, 6.45) is 0. The summed E-state index contributed by atoms with van der Waals surface area (Å²) < 4.78 is 8.94. The zero-order valence-corrected chi connectivity index (χ0v) is 7.68. The Kier molecular flexibility index (Phi) is 1.40. The molecule has 0 atom stereocenters. The number of hydrogen-bond donors (Lipinski definition) is 0. The minimum absolute atomic E-state index is 0.0721. The first-order valence-corrected chi connectivity index (χ1v) is 4.33. The van der Waals surface area contributed by atoms with Gasteiger partial charge in [0, 0.05) is 0 Å². The van der Waals surface area contributed by atoms with Gasteiger partial charge in [-0.2, -0.15) is 0 Å². The Hall–Kier alpha value is -2.50. The molecule has 2 heterocycles. The molecule has 3 aromatic rings. The molecule has 2 aromatic heterocycles. The molecule has 0 fully saturated rings. The highest BCUT2D eigenvalue weighted by Crippen LogP contribution is 2.13. The molecule has 1 aromatic carbocycles. The first-order chi connectivity index (χ1) is 7.58. The van der Waals surface area contributed by atoms with Crippen molar-refractivity contribution >= 4 is 21.5 Å². The van der Waals surface area contributed by atoms with E-state index in [1.54, 1.807) is 0 Å². The van der Waals surface area contributed by atoms with Gasteiger partial charge in [0.15, 0.2) is 0 Å². The molecule has 6 nitrogen and oxygen atoms in total. The van der Waals surface area contributed by atoms with E-state index in [-0.39, 0.29) is 21.5 Å². The highest BCUT2D eigenvalue weighted by atomic mass is 16.4. The largest absolute Gasteiger partial charge is 0.527 e. The minimum Gasteiger partial charge on any atom is -0.335 e. The maximum atomic E-state index is 11.2. The van der Waals surface area contributed by atoms with Gasteiger partial charge in [0.25, 0.3) is 0 Å². The SMILES string of the molecule is O=c1oc(=[OH+])c2cc3c(=[OH+])oc(=O)c3cc12. The zero-order valence-electron chi connectivity index (χ0n) is 7.68. The molecule has 0 spiro atoms. The number of hydrogen-bond acceptors (Lipinski definition) is 4. The molecule has 0 unspecified atom stereocenters. The van der Waals surface area contributed by atoms with Crippen LogP contribution in [0.2, 0.25) is 0 Å². The van der Waals surface area contributed by atoms with E-state index < -0.39 is 22.5 Å². The van der Waals surface area contributed by atoms with Crippen LogP contribution in [0.1, 0.15) is 0 Å². The third-order valence-corrected chi connectivity index (χ3v) is 2.44. The highest BCUT2D eigenvalue weighted by molar-refractivity contribution is 5.96. The van der Waals surface area contributed by atoms with Crippen molar-refractivity contribution in [1.29, 1.82) is 0 Å². The van der Waals surface area contributed by atoms with Gasteiger partial charge in [0.05, 0.1) is 0 Å². The van der Waals surface area contributed by atoms with Crippen LogP contribution in [0, 0.1) is 0 Å². The normalized spacial score (nSPS) is 11.5. The third-order valence-electron chi connectivity index (χ3n) is 2.44. The van der Waals surface area contributed by atoms with Crippen molar-refractivity contribution in [3.05, 3.63) is 44.2 Å². The van der Waals surface area contributed by atoms with E-state index in [4.69, 9.17) is 0 Å². The molecule has 16 heavy (non-hydrogen) atoms. The monoisotopic (exact) mass is 220 g/mol. The third kappa shape index (κ3) is 0.902. The van der Waals surface area contributed by atoms with E-state index in [0.29, 0.717) is 0 Å². The lowest BCUT2D eigenvalue weighted by Crippen LogP contribution is -1.98. The Morgan fingerprint density at radius 2 is 1.12 bits per heavy atom. The fourth-order valence-corrected chi connectivity index (χ4v) is 1.69. The molecular weight excluding hydrogens is 216 g/mol. The van der Waals surface area contributed by atoms with Crippen LogP contribution in [-0.2, 0) is 0 Å². The molecule has 0 saturated heterocycles. The maximum absolute atomic E-state index is 11.2. The van der Waals surface area contributed by atoms with Gasteiger partial charge in [-0.15, -0.1) is 0 Å². The standard InChI is InChI=1S/C10H2O6/c11-7-3-1-4-6(10(14)16-8(4)12)2-5(3)9(13)15-7/h1-2H/p+2. The van der Waals surface area contributed by atoms with Gasteiger partial charge in [-0.05, 0) is 12.1 Å². The first-order valence-electron chi connectivity index (χ1n) is 4.33. The van der Waals surface area contributed by atoms with Gasteiger partial charge < -0.3 is 9.59 Å². The highest BCUT2D eigenvalue weighted by Gasteiger charge is 2.23. The average Bonchev–Trinajstić information content (AvgIpc) is 2.67. The van der Waals surface area contributed by atoms with E-state index in [9.17, 15) is 19.2 Å². The molecule has 0 amide bonds. The van der Waals surface area contributed by atoms with Gasteiger partial charge in [-0.25, -0.2) is 18.4 Å². The second-order valence-corrected chi connectivity index (χ2v) is 3.33. The van der Waals surface area contributed by atoms with E-state index >= 15 is 0 Å². The fourth-order valence-electron chi connectivity index (χ4n) is 1.69. The summed E-state index contributed by atoms with van der Waals surface area (Å²) in [6.45, 7) is 0. The van der Waals surface area contributed by atoms with E-state index in [1.165, 1.54) is 12.1 Å².